The maximum Gasteiger partial charge on any atom is 0.389 e. The van der Waals surface area contributed by atoms with Crippen LogP contribution in [0.4, 0.5) is 26.3 Å². The second kappa shape index (κ2) is 5.58. The summed E-state index contributed by atoms with van der Waals surface area (Å²) >= 11 is 0. The predicted octanol–water partition coefficient (Wildman–Crippen LogP) is 3.39. The van der Waals surface area contributed by atoms with Crippen molar-refractivity contribution < 1.29 is 26.3 Å². The zero-order valence-corrected chi connectivity index (χ0v) is 7.96. The van der Waals surface area contributed by atoms with Crippen LogP contribution in [0.2, 0.25) is 0 Å². The van der Waals surface area contributed by atoms with Gasteiger partial charge in [0.2, 0.25) is 0 Å². The highest BCUT2D eigenvalue weighted by Gasteiger charge is 2.29. The molecule has 0 aromatic rings. The van der Waals surface area contributed by atoms with Gasteiger partial charge in [0.05, 0.1) is 0 Å². The Bertz CT molecular complexity index is 173. The maximum atomic E-state index is 11.7. The highest BCUT2D eigenvalue weighted by molar-refractivity contribution is 4.65. The van der Waals surface area contributed by atoms with Crippen molar-refractivity contribution in [1.82, 2.24) is 0 Å². The summed E-state index contributed by atoms with van der Waals surface area (Å²) in [6.45, 7) is 0. The highest BCUT2D eigenvalue weighted by atomic mass is 19.4. The Morgan fingerprint density at radius 2 is 1.27 bits per heavy atom. The second-order valence-electron chi connectivity index (χ2n) is 3.42. The number of hydrogen-bond donors (Lipinski definition) is 1. The maximum absolute atomic E-state index is 11.7. The van der Waals surface area contributed by atoms with Gasteiger partial charge in [-0.15, -0.1) is 0 Å². The molecule has 0 heterocycles. The Kier molecular flexibility index (Phi) is 5.41. The van der Waals surface area contributed by atoms with E-state index in [4.69, 9.17) is 5.73 Å². The van der Waals surface area contributed by atoms with Gasteiger partial charge in [-0.05, 0) is 19.3 Å². The Balaban J connectivity index is 3.54. The van der Waals surface area contributed by atoms with Crippen LogP contribution >= 0.6 is 0 Å². The van der Waals surface area contributed by atoms with Crippen LogP contribution < -0.4 is 5.73 Å². The van der Waals surface area contributed by atoms with Crippen molar-refractivity contribution in [2.75, 3.05) is 0 Å². The molecule has 0 aromatic heterocycles. The van der Waals surface area contributed by atoms with E-state index in [1.54, 1.807) is 0 Å². The molecule has 0 fully saturated rings. The van der Waals surface area contributed by atoms with E-state index in [9.17, 15) is 26.3 Å². The Morgan fingerprint density at radius 1 is 0.800 bits per heavy atom. The number of nitrogens with two attached hydrogens (primary N) is 1. The van der Waals surface area contributed by atoms with E-state index in [2.05, 4.69) is 0 Å². The molecule has 0 saturated heterocycles. The lowest BCUT2D eigenvalue weighted by atomic mass is 10.1. The molecule has 7 heteroatoms. The third-order valence-corrected chi connectivity index (χ3v) is 1.83. The summed E-state index contributed by atoms with van der Waals surface area (Å²) in [5.41, 5.74) is 5.24. The van der Waals surface area contributed by atoms with E-state index in [0.717, 1.165) is 0 Å². The summed E-state index contributed by atoms with van der Waals surface area (Å²) in [6.07, 6.45) is -11.2. The molecular weight excluding hydrogens is 224 g/mol. The largest absolute Gasteiger partial charge is 0.389 e. The molecule has 0 saturated carbocycles. The molecule has 0 aliphatic heterocycles. The van der Waals surface area contributed by atoms with Crippen LogP contribution in [-0.2, 0) is 0 Å². The summed E-state index contributed by atoms with van der Waals surface area (Å²) in [4.78, 5) is 0. The minimum absolute atomic E-state index is 0.0322. The highest BCUT2D eigenvalue weighted by Crippen LogP contribution is 2.25. The average Bonchev–Trinajstić information content (AvgIpc) is 1.97. The molecule has 1 atom stereocenters. The topological polar surface area (TPSA) is 26.0 Å². The van der Waals surface area contributed by atoms with E-state index in [0.29, 0.717) is 0 Å². The van der Waals surface area contributed by atoms with Gasteiger partial charge in [0.15, 0.2) is 0 Å². The Labute approximate surface area is 83.6 Å². The summed E-state index contributed by atoms with van der Waals surface area (Å²) in [7, 11) is 0. The van der Waals surface area contributed by atoms with Crippen molar-refractivity contribution in [3.8, 4) is 0 Å². The number of hydrogen-bond acceptors (Lipinski definition) is 1. The lowest BCUT2D eigenvalue weighted by Crippen LogP contribution is -2.23. The zero-order chi connectivity index (χ0) is 12.1. The zero-order valence-electron chi connectivity index (χ0n) is 7.96. The summed E-state index contributed by atoms with van der Waals surface area (Å²) in [5, 5.41) is 0. The number of alkyl halides is 6. The van der Waals surface area contributed by atoms with E-state index in [1.165, 1.54) is 0 Å². The SMILES string of the molecule is NC(CCCC(F)(F)F)CCC(F)(F)F. The molecular formula is C8H13F6N. The number of halogens is 6. The molecule has 0 aliphatic rings. The normalized spacial score (nSPS) is 15.4. The monoisotopic (exact) mass is 237 g/mol. The molecule has 0 radical (unpaired) electrons. The van der Waals surface area contributed by atoms with E-state index < -0.39 is 31.2 Å². The van der Waals surface area contributed by atoms with Crippen LogP contribution in [0.5, 0.6) is 0 Å². The Morgan fingerprint density at radius 3 is 1.67 bits per heavy atom. The molecule has 1 nitrogen and oxygen atoms in total. The fourth-order valence-corrected chi connectivity index (χ4v) is 1.06. The summed E-state index contributed by atoms with van der Waals surface area (Å²) in [6, 6.07) is -0.811. The van der Waals surface area contributed by atoms with E-state index in [1.807, 2.05) is 0 Å². The van der Waals surface area contributed by atoms with Gasteiger partial charge in [-0.3, -0.25) is 0 Å². The second-order valence-corrected chi connectivity index (χ2v) is 3.42. The van der Waals surface area contributed by atoms with Crippen LogP contribution in [0.15, 0.2) is 0 Å². The van der Waals surface area contributed by atoms with Crippen LogP contribution in [0, 0.1) is 0 Å². The fraction of sp³-hybridized carbons (Fsp3) is 1.00. The quantitative estimate of drug-likeness (QED) is 0.729. The molecule has 2 N–H and O–H groups in total. The van der Waals surface area contributed by atoms with Gasteiger partial charge in [0, 0.05) is 18.9 Å². The molecule has 0 spiro atoms. The Hall–Kier alpha value is -0.460. The van der Waals surface area contributed by atoms with Gasteiger partial charge in [-0.25, -0.2) is 0 Å². The molecule has 92 valence electrons. The first-order valence-electron chi connectivity index (χ1n) is 4.49. The van der Waals surface area contributed by atoms with Crippen LogP contribution in [0.3, 0.4) is 0 Å². The smallest absolute Gasteiger partial charge is 0.328 e. The van der Waals surface area contributed by atoms with E-state index >= 15 is 0 Å². The average molecular weight is 237 g/mol. The lowest BCUT2D eigenvalue weighted by Gasteiger charge is -2.13. The summed E-state index contributed by atoms with van der Waals surface area (Å²) < 4.78 is 70.1. The van der Waals surface area contributed by atoms with Gasteiger partial charge in [-0.1, -0.05) is 0 Å². The molecule has 0 rings (SSSR count). The molecule has 0 aliphatic carbocycles. The standard InChI is InChI=1S/C8H13F6N/c9-7(10,11)4-1-2-6(15)3-5-8(12,13)14/h6H,1-5,15H2. The first-order valence-corrected chi connectivity index (χ1v) is 4.49. The third kappa shape index (κ3) is 11.5. The minimum Gasteiger partial charge on any atom is -0.328 e. The van der Waals surface area contributed by atoms with Crippen LogP contribution in [-0.4, -0.2) is 18.4 Å². The summed E-state index contributed by atoms with van der Waals surface area (Å²) in [5.74, 6) is 0. The van der Waals surface area contributed by atoms with Crippen molar-refractivity contribution >= 4 is 0 Å². The molecule has 15 heavy (non-hydrogen) atoms. The van der Waals surface area contributed by atoms with Gasteiger partial charge in [0.25, 0.3) is 0 Å². The molecule has 0 bridgehead atoms. The van der Waals surface area contributed by atoms with Crippen molar-refractivity contribution in [2.24, 2.45) is 5.73 Å². The van der Waals surface area contributed by atoms with E-state index in [-0.39, 0.29) is 19.3 Å². The van der Waals surface area contributed by atoms with Crippen molar-refractivity contribution in [3.63, 3.8) is 0 Å². The lowest BCUT2D eigenvalue weighted by molar-refractivity contribution is -0.139. The van der Waals surface area contributed by atoms with Crippen molar-refractivity contribution in [1.29, 1.82) is 0 Å². The molecule has 0 amide bonds. The molecule has 1 unspecified atom stereocenters. The number of rotatable bonds is 5. The van der Waals surface area contributed by atoms with Crippen molar-refractivity contribution in [3.05, 3.63) is 0 Å². The van der Waals surface area contributed by atoms with Gasteiger partial charge in [-0.2, -0.15) is 26.3 Å². The third-order valence-electron chi connectivity index (χ3n) is 1.83. The first kappa shape index (κ1) is 14.5. The first-order chi connectivity index (χ1) is 6.60. The van der Waals surface area contributed by atoms with Crippen LogP contribution in [0.25, 0.3) is 0 Å². The van der Waals surface area contributed by atoms with Gasteiger partial charge >= 0.3 is 12.4 Å². The van der Waals surface area contributed by atoms with Crippen molar-refractivity contribution in [2.45, 2.75) is 50.5 Å². The minimum atomic E-state index is -4.29. The van der Waals surface area contributed by atoms with Gasteiger partial charge in [0.1, 0.15) is 0 Å². The fourth-order valence-electron chi connectivity index (χ4n) is 1.06. The molecule has 0 aromatic carbocycles. The van der Waals surface area contributed by atoms with Crippen LogP contribution in [0.1, 0.15) is 32.1 Å². The predicted molar refractivity (Wildman–Crippen MR) is 43.2 cm³/mol. The van der Waals surface area contributed by atoms with Gasteiger partial charge < -0.3 is 5.73 Å².